The maximum Gasteiger partial charge on any atom is 0.313 e. The molecule has 5 N–H and O–H groups in total. The van der Waals surface area contributed by atoms with Crippen molar-refractivity contribution in [2.45, 2.75) is 125 Å². The lowest BCUT2D eigenvalue weighted by Crippen LogP contribution is -2.65. The Morgan fingerprint density at radius 3 is 2.37 bits per heavy atom. The zero-order valence-electron chi connectivity index (χ0n) is 32.3. The first-order chi connectivity index (χ1) is 24.0. The van der Waals surface area contributed by atoms with Crippen LogP contribution >= 0.6 is 0 Å². The highest BCUT2D eigenvalue weighted by Crippen LogP contribution is 2.77. The van der Waals surface area contributed by atoms with Gasteiger partial charge in [-0.05, 0) is 132 Å². The zero-order valence-corrected chi connectivity index (χ0v) is 32.3. The smallest absolute Gasteiger partial charge is 0.313 e. The normalized spacial score (nSPS) is 36.2. The Hall–Kier alpha value is -3.54. The number of allylic oxidation sites excluding steroid dienone is 2. The van der Waals surface area contributed by atoms with E-state index >= 15 is 0 Å². The van der Waals surface area contributed by atoms with Crippen molar-refractivity contribution in [3.8, 4) is 0 Å². The maximum atomic E-state index is 14.8. The van der Waals surface area contributed by atoms with Crippen LogP contribution in [0.5, 0.6) is 0 Å². The van der Waals surface area contributed by atoms with E-state index in [9.17, 15) is 4.79 Å². The predicted octanol–water partition coefficient (Wildman–Crippen LogP) is 9.97. The lowest BCUT2D eigenvalue weighted by Gasteiger charge is -2.71. The number of rotatable bonds is 4. The van der Waals surface area contributed by atoms with Gasteiger partial charge in [0.05, 0.1) is 11.1 Å². The van der Waals surface area contributed by atoms with Gasteiger partial charge in [-0.15, -0.1) is 0 Å². The van der Waals surface area contributed by atoms with E-state index in [2.05, 4.69) is 90.8 Å². The second kappa shape index (κ2) is 11.2. The number of nitrogen functional groups attached to an aromatic ring is 2. The number of ether oxygens (including phenoxy) is 1. The first-order valence-corrected chi connectivity index (χ1v) is 19.6. The monoisotopic (exact) mass is 688 g/mol. The topological polar surface area (TPSA) is 107 Å². The quantitative estimate of drug-likeness (QED) is 0.187. The summed E-state index contributed by atoms with van der Waals surface area (Å²) < 4.78 is 6.36. The fraction of sp³-hybridized carbons (Fsp3) is 0.600. The number of nitrogens with two attached hydrogens (primary N) is 2. The molecule has 0 saturated heterocycles. The highest BCUT2D eigenvalue weighted by atomic mass is 16.5. The van der Waals surface area contributed by atoms with Gasteiger partial charge in [-0.3, -0.25) is 9.89 Å². The number of hydrogen-bond acceptors (Lipinski definition) is 5. The predicted molar refractivity (Wildman–Crippen MR) is 206 cm³/mol. The molecule has 3 saturated carbocycles. The number of fused-ring (bicyclic) bond motifs is 8. The third-order valence-electron chi connectivity index (χ3n) is 16.2. The molecular formula is C45H60N4O2. The van der Waals surface area contributed by atoms with Gasteiger partial charge < -0.3 is 16.2 Å². The fourth-order valence-corrected chi connectivity index (χ4v) is 13.1. The van der Waals surface area contributed by atoms with E-state index in [1.165, 1.54) is 29.5 Å². The molecule has 7 atom stereocenters. The third-order valence-corrected chi connectivity index (χ3v) is 16.2. The molecule has 6 heteroatoms. The number of aromatic amines is 1. The minimum absolute atomic E-state index is 0.00381. The molecule has 6 nitrogen and oxygen atoms in total. The molecule has 0 bridgehead atoms. The average molecular weight is 689 g/mol. The van der Waals surface area contributed by atoms with Crippen LogP contribution in [-0.4, -0.2) is 16.2 Å². The molecule has 0 amide bonds. The standard InChI is InChI=1S/C45H60N4O2/c1-27-14-15-29(22-33(27)46)30-23-35-42(6)24-31-37(48-49-38(31)47)41(4,5)34(42)16-17-43(35,7)44(8)19-21-45(20-18-40(2,3)25-32(45)36(30)44)39(50)51-26-28-12-10-9-11-13-28/h9-15,22,32,34-35H,16-21,23-26,46H2,1-8H3,(H3,47,48,49)/t32?,34?,35?,42-,43+,44+,45-/m0/s1. The molecule has 3 fully saturated rings. The number of anilines is 2. The Morgan fingerprint density at radius 2 is 1.65 bits per heavy atom. The van der Waals surface area contributed by atoms with Crippen molar-refractivity contribution in [3.05, 3.63) is 82.1 Å². The van der Waals surface area contributed by atoms with Crippen LogP contribution in [0.4, 0.5) is 11.5 Å². The summed E-state index contributed by atoms with van der Waals surface area (Å²) in [5, 5.41) is 7.99. The molecule has 2 aromatic carbocycles. The van der Waals surface area contributed by atoms with Crippen LogP contribution in [0, 0.1) is 51.8 Å². The second-order valence-corrected chi connectivity index (χ2v) is 19.6. The number of H-pyrrole nitrogens is 1. The number of nitrogens with zero attached hydrogens (tertiary/aromatic N) is 1. The molecule has 51 heavy (non-hydrogen) atoms. The Balaban J connectivity index is 1.32. The van der Waals surface area contributed by atoms with Gasteiger partial charge in [0.25, 0.3) is 0 Å². The van der Waals surface area contributed by atoms with Crippen molar-refractivity contribution in [1.29, 1.82) is 0 Å². The Kier molecular flexibility index (Phi) is 7.61. The third kappa shape index (κ3) is 4.79. The molecule has 0 spiro atoms. The van der Waals surface area contributed by atoms with Crippen LogP contribution < -0.4 is 11.5 Å². The van der Waals surface area contributed by atoms with Gasteiger partial charge >= 0.3 is 5.97 Å². The highest BCUT2D eigenvalue weighted by molar-refractivity contribution is 5.82. The van der Waals surface area contributed by atoms with Gasteiger partial charge in [0.15, 0.2) is 0 Å². The summed E-state index contributed by atoms with van der Waals surface area (Å²) in [4.78, 5) is 14.8. The summed E-state index contributed by atoms with van der Waals surface area (Å²) in [5.41, 5.74) is 22.5. The summed E-state index contributed by atoms with van der Waals surface area (Å²) in [6.07, 6.45) is 9.01. The fourth-order valence-electron chi connectivity index (χ4n) is 13.1. The number of hydrogen-bond donors (Lipinski definition) is 3. The highest BCUT2D eigenvalue weighted by Gasteiger charge is 2.70. The van der Waals surface area contributed by atoms with Crippen molar-refractivity contribution in [2.24, 2.45) is 44.8 Å². The minimum atomic E-state index is -0.530. The van der Waals surface area contributed by atoms with Gasteiger partial charge in [0.2, 0.25) is 0 Å². The van der Waals surface area contributed by atoms with E-state index in [1.807, 2.05) is 18.2 Å². The van der Waals surface area contributed by atoms with Crippen LogP contribution in [0.15, 0.2) is 54.1 Å². The van der Waals surface area contributed by atoms with Gasteiger partial charge in [0.1, 0.15) is 12.4 Å². The minimum Gasteiger partial charge on any atom is -0.460 e. The summed E-state index contributed by atoms with van der Waals surface area (Å²) in [5.74, 6) is 1.76. The van der Waals surface area contributed by atoms with Gasteiger partial charge in [-0.2, -0.15) is 5.10 Å². The number of benzene rings is 2. The molecule has 8 rings (SSSR count). The molecule has 0 aliphatic heterocycles. The number of carbonyl (C=O) groups excluding carboxylic acids is 1. The lowest BCUT2D eigenvalue weighted by molar-refractivity contribution is -0.181. The van der Waals surface area contributed by atoms with Gasteiger partial charge in [0, 0.05) is 16.7 Å². The van der Waals surface area contributed by atoms with Crippen molar-refractivity contribution in [2.75, 3.05) is 11.5 Å². The van der Waals surface area contributed by atoms with Crippen LogP contribution in [0.2, 0.25) is 0 Å². The van der Waals surface area contributed by atoms with E-state index in [0.717, 1.165) is 73.3 Å². The average Bonchev–Trinajstić information content (AvgIpc) is 3.45. The zero-order chi connectivity index (χ0) is 36.4. The second-order valence-electron chi connectivity index (χ2n) is 19.6. The Morgan fingerprint density at radius 1 is 0.922 bits per heavy atom. The molecule has 3 aromatic rings. The van der Waals surface area contributed by atoms with Crippen LogP contribution in [0.1, 0.15) is 128 Å². The van der Waals surface area contributed by atoms with Crippen molar-refractivity contribution in [1.82, 2.24) is 10.2 Å². The number of carbonyl (C=O) groups is 1. The van der Waals surface area contributed by atoms with Crippen molar-refractivity contribution in [3.63, 3.8) is 0 Å². The largest absolute Gasteiger partial charge is 0.460 e. The molecule has 5 aliphatic rings. The summed E-state index contributed by atoms with van der Waals surface area (Å²) in [6, 6.07) is 16.9. The SMILES string of the molecule is Cc1ccc(C2=C3C4CC(C)(C)CC[C@]4(C(=O)OCc4ccccc4)CC[C@@]3(C)[C@]3(C)CCC4C(C)(C)c5n[nH]c(N)c5C[C@]4(C)C3C2)cc1N. The summed E-state index contributed by atoms with van der Waals surface area (Å²) in [7, 11) is 0. The van der Waals surface area contributed by atoms with E-state index < -0.39 is 5.41 Å². The lowest BCUT2D eigenvalue weighted by atomic mass is 9.33. The van der Waals surface area contributed by atoms with E-state index in [1.54, 1.807) is 5.57 Å². The first-order valence-electron chi connectivity index (χ1n) is 19.6. The molecule has 272 valence electrons. The number of aromatic nitrogens is 2. The Labute approximate surface area is 305 Å². The molecule has 0 radical (unpaired) electrons. The molecule has 3 unspecified atom stereocenters. The molecule has 1 aromatic heterocycles. The van der Waals surface area contributed by atoms with Gasteiger partial charge in [-0.1, -0.05) is 96.5 Å². The van der Waals surface area contributed by atoms with E-state index in [4.69, 9.17) is 21.3 Å². The van der Waals surface area contributed by atoms with E-state index in [-0.39, 0.29) is 39.0 Å². The first kappa shape index (κ1) is 34.5. The van der Waals surface area contributed by atoms with Gasteiger partial charge in [-0.25, -0.2) is 0 Å². The molecular weight excluding hydrogens is 629 g/mol. The van der Waals surface area contributed by atoms with Crippen LogP contribution in [-0.2, 0) is 28.0 Å². The summed E-state index contributed by atoms with van der Waals surface area (Å²) >= 11 is 0. The Bertz CT molecular complexity index is 1920. The number of nitrogens with one attached hydrogen (secondary N) is 1. The van der Waals surface area contributed by atoms with Crippen molar-refractivity contribution >= 4 is 23.0 Å². The number of aryl methyl sites for hydroxylation is 1. The van der Waals surface area contributed by atoms with Crippen LogP contribution in [0.3, 0.4) is 0 Å². The number of esters is 1. The molecule has 1 heterocycles. The van der Waals surface area contributed by atoms with Crippen molar-refractivity contribution < 1.29 is 9.53 Å². The molecule has 5 aliphatic carbocycles. The van der Waals surface area contributed by atoms with E-state index in [0.29, 0.717) is 18.4 Å². The maximum absolute atomic E-state index is 14.8. The summed E-state index contributed by atoms with van der Waals surface area (Å²) in [6.45, 7) is 19.9. The van der Waals surface area contributed by atoms with Crippen LogP contribution in [0.25, 0.3) is 5.57 Å².